The minimum absolute atomic E-state index is 0.158. The number of aromatic amines is 1. The van der Waals surface area contributed by atoms with Crippen molar-refractivity contribution < 1.29 is 4.74 Å². The molecule has 1 atom stereocenters. The summed E-state index contributed by atoms with van der Waals surface area (Å²) < 4.78 is 5.49. The molecule has 3 rings (SSSR count). The van der Waals surface area contributed by atoms with Crippen molar-refractivity contribution in [2.75, 3.05) is 37.4 Å². The Morgan fingerprint density at radius 3 is 3.14 bits per heavy atom. The predicted molar refractivity (Wildman–Crippen MR) is 83.6 cm³/mol. The van der Waals surface area contributed by atoms with Gasteiger partial charge in [0.1, 0.15) is 0 Å². The Hall–Kier alpha value is -2.08. The van der Waals surface area contributed by atoms with Crippen LogP contribution in [0, 0.1) is 5.92 Å². The summed E-state index contributed by atoms with van der Waals surface area (Å²) in [5, 5.41) is 0.521. The van der Waals surface area contributed by atoms with Gasteiger partial charge in [0.2, 0.25) is 5.95 Å². The third-order valence-corrected chi connectivity index (χ3v) is 3.87. The van der Waals surface area contributed by atoms with Crippen molar-refractivity contribution in [3.8, 4) is 0 Å². The van der Waals surface area contributed by atoms with Gasteiger partial charge in [0.15, 0.2) is 0 Å². The molecule has 2 heterocycles. The number of nitrogens with one attached hydrogen (secondary N) is 1. The van der Waals surface area contributed by atoms with Crippen molar-refractivity contribution >= 4 is 22.5 Å². The zero-order valence-electron chi connectivity index (χ0n) is 12.1. The van der Waals surface area contributed by atoms with Crippen LogP contribution in [0.2, 0.25) is 0 Å². The van der Waals surface area contributed by atoms with Gasteiger partial charge in [0.05, 0.1) is 17.5 Å². The van der Waals surface area contributed by atoms with Crippen LogP contribution < -0.4 is 16.2 Å². The van der Waals surface area contributed by atoms with E-state index < -0.39 is 0 Å². The summed E-state index contributed by atoms with van der Waals surface area (Å²) in [6.07, 6.45) is 2.25. The molecule has 3 N–H and O–H groups in total. The molecule has 0 radical (unpaired) electrons. The van der Waals surface area contributed by atoms with E-state index in [1.807, 2.05) is 11.9 Å². The lowest BCUT2D eigenvalue weighted by atomic mass is 10.0. The normalized spacial score (nSPS) is 18.8. The molecular weight excluding hydrogens is 268 g/mol. The topological polar surface area (TPSA) is 84.2 Å². The summed E-state index contributed by atoms with van der Waals surface area (Å²) in [4.78, 5) is 21.5. The number of H-pyrrole nitrogens is 1. The second-order valence-corrected chi connectivity index (χ2v) is 5.63. The summed E-state index contributed by atoms with van der Waals surface area (Å²) in [5.41, 5.74) is 6.78. The highest BCUT2D eigenvalue weighted by molar-refractivity contribution is 5.81. The first-order valence-corrected chi connectivity index (χ1v) is 7.22. The van der Waals surface area contributed by atoms with Crippen LogP contribution in [-0.4, -0.2) is 36.8 Å². The quantitative estimate of drug-likeness (QED) is 0.833. The second kappa shape index (κ2) is 5.73. The van der Waals surface area contributed by atoms with Gasteiger partial charge in [-0.25, -0.2) is 4.98 Å². The molecule has 1 aliphatic rings. The molecular formula is C15H20N4O2. The van der Waals surface area contributed by atoms with E-state index in [2.05, 4.69) is 9.97 Å². The third kappa shape index (κ3) is 3.00. The summed E-state index contributed by atoms with van der Waals surface area (Å²) >= 11 is 0. The zero-order chi connectivity index (χ0) is 14.8. The van der Waals surface area contributed by atoms with Crippen LogP contribution in [0.3, 0.4) is 0 Å². The second-order valence-electron chi connectivity index (χ2n) is 5.63. The SMILES string of the molecule is CN(CC1CCCOC1)c1nc2ccc(N)cc2c(=O)[nH]1. The van der Waals surface area contributed by atoms with E-state index in [1.165, 1.54) is 0 Å². The largest absolute Gasteiger partial charge is 0.399 e. The van der Waals surface area contributed by atoms with Crippen LogP contribution in [0.1, 0.15) is 12.8 Å². The average molecular weight is 288 g/mol. The van der Waals surface area contributed by atoms with E-state index in [4.69, 9.17) is 10.5 Å². The number of nitrogen functional groups attached to an aromatic ring is 1. The molecule has 1 unspecified atom stereocenters. The number of hydrogen-bond acceptors (Lipinski definition) is 5. The molecule has 1 aliphatic heterocycles. The van der Waals surface area contributed by atoms with Crippen LogP contribution in [0.25, 0.3) is 10.9 Å². The van der Waals surface area contributed by atoms with Gasteiger partial charge < -0.3 is 15.4 Å². The van der Waals surface area contributed by atoms with E-state index in [-0.39, 0.29) is 5.56 Å². The molecule has 1 fully saturated rings. The van der Waals surface area contributed by atoms with E-state index in [0.717, 1.165) is 32.6 Å². The van der Waals surface area contributed by atoms with E-state index in [9.17, 15) is 4.79 Å². The first-order valence-electron chi connectivity index (χ1n) is 7.22. The fourth-order valence-corrected chi connectivity index (χ4v) is 2.75. The molecule has 6 nitrogen and oxygen atoms in total. The first kappa shape index (κ1) is 13.9. The molecule has 0 aliphatic carbocycles. The lowest BCUT2D eigenvalue weighted by Gasteiger charge is -2.27. The summed E-state index contributed by atoms with van der Waals surface area (Å²) in [6.45, 7) is 2.45. The van der Waals surface area contributed by atoms with E-state index in [0.29, 0.717) is 28.5 Å². The van der Waals surface area contributed by atoms with Gasteiger partial charge in [0.25, 0.3) is 5.56 Å². The van der Waals surface area contributed by atoms with Crippen LogP contribution in [0.4, 0.5) is 11.6 Å². The molecule has 1 aromatic carbocycles. The number of hydrogen-bond donors (Lipinski definition) is 2. The molecule has 0 spiro atoms. The Morgan fingerprint density at radius 1 is 1.52 bits per heavy atom. The molecule has 0 amide bonds. The molecule has 112 valence electrons. The maximum absolute atomic E-state index is 12.1. The molecule has 1 saturated heterocycles. The minimum Gasteiger partial charge on any atom is -0.399 e. The van der Waals surface area contributed by atoms with Gasteiger partial charge in [-0.2, -0.15) is 0 Å². The maximum Gasteiger partial charge on any atom is 0.260 e. The Bertz CT molecular complexity index is 692. The van der Waals surface area contributed by atoms with Gasteiger partial charge in [-0.05, 0) is 37.0 Å². The van der Waals surface area contributed by atoms with Gasteiger partial charge in [-0.15, -0.1) is 0 Å². The Balaban J connectivity index is 1.86. The predicted octanol–water partition coefficient (Wildman–Crippen LogP) is 1.37. The number of nitrogens with zero attached hydrogens (tertiary/aromatic N) is 2. The number of rotatable bonds is 3. The molecule has 6 heteroatoms. The molecule has 21 heavy (non-hydrogen) atoms. The van der Waals surface area contributed by atoms with Crippen LogP contribution in [0.5, 0.6) is 0 Å². The summed E-state index contributed by atoms with van der Waals surface area (Å²) in [6, 6.07) is 5.19. The highest BCUT2D eigenvalue weighted by Gasteiger charge is 2.17. The highest BCUT2D eigenvalue weighted by atomic mass is 16.5. The lowest BCUT2D eigenvalue weighted by molar-refractivity contribution is 0.0575. The Kier molecular flexibility index (Phi) is 3.79. The monoisotopic (exact) mass is 288 g/mol. The Morgan fingerprint density at radius 2 is 2.38 bits per heavy atom. The van der Waals surface area contributed by atoms with E-state index in [1.54, 1.807) is 18.2 Å². The molecule has 0 saturated carbocycles. The number of ether oxygens (including phenoxy) is 1. The van der Waals surface area contributed by atoms with Gasteiger partial charge >= 0.3 is 0 Å². The van der Waals surface area contributed by atoms with Crippen LogP contribution >= 0.6 is 0 Å². The zero-order valence-corrected chi connectivity index (χ0v) is 12.1. The van der Waals surface area contributed by atoms with Crippen molar-refractivity contribution in [1.29, 1.82) is 0 Å². The smallest absolute Gasteiger partial charge is 0.260 e. The number of aromatic nitrogens is 2. The summed E-state index contributed by atoms with van der Waals surface area (Å²) in [7, 11) is 1.94. The number of benzene rings is 1. The minimum atomic E-state index is -0.158. The fraction of sp³-hybridized carbons (Fsp3) is 0.467. The molecule has 2 aromatic rings. The highest BCUT2D eigenvalue weighted by Crippen LogP contribution is 2.18. The average Bonchev–Trinajstić information content (AvgIpc) is 2.49. The van der Waals surface area contributed by atoms with Crippen LogP contribution in [-0.2, 0) is 4.74 Å². The maximum atomic E-state index is 12.1. The lowest BCUT2D eigenvalue weighted by Crippen LogP contribution is -2.32. The number of anilines is 2. The van der Waals surface area contributed by atoms with Crippen molar-refractivity contribution in [2.24, 2.45) is 5.92 Å². The van der Waals surface area contributed by atoms with Gasteiger partial charge in [-0.3, -0.25) is 9.78 Å². The van der Waals surface area contributed by atoms with E-state index >= 15 is 0 Å². The van der Waals surface area contributed by atoms with Gasteiger partial charge in [0, 0.05) is 25.9 Å². The van der Waals surface area contributed by atoms with Crippen molar-refractivity contribution in [3.63, 3.8) is 0 Å². The number of fused-ring (bicyclic) bond motifs is 1. The number of nitrogens with two attached hydrogens (primary N) is 1. The summed E-state index contributed by atoms with van der Waals surface area (Å²) in [5.74, 6) is 1.07. The fourth-order valence-electron chi connectivity index (χ4n) is 2.75. The molecule has 1 aromatic heterocycles. The van der Waals surface area contributed by atoms with Crippen LogP contribution in [0.15, 0.2) is 23.0 Å². The molecule has 0 bridgehead atoms. The van der Waals surface area contributed by atoms with Crippen molar-refractivity contribution in [1.82, 2.24) is 9.97 Å². The Labute approximate surface area is 122 Å². The van der Waals surface area contributed by atoms with Crippen molar-refractivity contribution in [2.45, 2.75) is 12.8 Å². The van der Waals surface area contributed by atoms with Gasteiger partial charge in [-0.1, -0.05) is 0 Å². The standard InChI is InChI=1S/C15H20N4O2/c1-19(8-10-3-2-6-21-9-10)15-17-13-5-4-11(16)7-12(13)14(20)18-15/h4-5,7,10H,2-3,6,8-9,16H2,1H3,(H,17,18,20). The third-order valence-electron chi connectivity index (χ3n) is 3.87. The first-order chi connectivity index (χ1) is 10.1. The van der Waals surface area contributed by atoms with Crippen molar-refractivity contribution in [3.05, 3.63) is 28.6 Å².